The Balaban J connectivity index is 2.75. The molecule has 0 saturated carbocycles. The molecule has 21 heavy (non-hydrogen) atoms. The summed E-state index contributed by atoms with van der Waals surface area (Å²) in [7, 11) is 0. The van der Waals surface area contributed by atoms with Crippen LogP contribution in [0.5, 0.6) is 0 Å². The van der Waals surface area contributed by atoms with Gasteiger partial charge in [0.1, 0.15) is 0 Å². The monoisotopic (exact) mass is 305 g/mol. The molecule has 3 N–H and O–H groups in total. The first-order chi connectivity index (χ1) is 9.75. The van der Waals surface area contributed by atoms with Crippen LogP contribution in [0.3, 0.4) is 0 Å². The summed E-state index contributed by atoms with van der Waals surface area (Å²) in [5.74, 6) is -1.46. The number of rotatable bonds is 7. The molecule has 0 aliphatic carbocycles. The predicted molar refractivity (Wildman–Crippen MR) is 72.4 cm³/mol. The van der Waals surface area contributed by atoms with E-state index in [9.17, 15) is 18.0 Å². The Morgan fingerprint density at radius 2 is 2.05 bits per heavy atom. The molecule has 0 radical (unpaired) electrons. The minimum atomic E-state index is -4.71. The number of benzene rings is 1. The Kier molecular flexibility index (Phi) is 6.02. The van der Waals surface area contributed by atoms with Gasteiger partial charge in [-0.15, -0.1) is 0 Å². The van der Waals surface area contributed by atoms with Crippen molar-refractivity contribution in [1.82, 2.24) is 0 Å². The summed E-state index contributed by atoms with van der Waals surface area (Å²) in [5.41, 5.74) is -1.70. The number of hydrogen-bond donors (Lipinski definition) is 3. The van der Waals surface area contributed by atoms with Crippen LogP contribution in [0.1, 0.15) is 35.7 Å². The van der Waals surface area contributed by atoms with Gasteiger partial charge in [-0.3, -0.25) is 0 Å². The molecule has 7 heteroatoms. The number of carboxylic acid groups (broad SMARTS) is 1. The van der Waals surface area contributed by atoms with Gasteiger partial charge in [-0.05, 0) is 37.0 Å². The first-order valence-electron chi connectivity index (χ1n) is 6.55. The molecule has 0 aromatic heterocycles. The van der Waals surface area contributed by atoms with E-state index in [0.717, 1.165) is 18.6 Å². The van der Waals surface area contributed by atoms with Gasteiger partial charge >= 0.3 is 12.1 Å². The molecule has 0 fully saturated rings. The summed E-state index contributed by atoms with van der Waals surface area (Å²) in [6, 6.07) is 3.07. The van der Waals surface area contributed by atoms with Gasteiger partial charge in [-0.1, -0.05) is 6.92 Å². The molecule has 0 aliphatic heterocycles. The maximum Gasteiger partial charge on any atom is 0.417 e. The Labute approximate surface area is 120 Å². The number of carboxylic acids is 1. The minimum Gasteiger partial charge on any atom is -0.478 e. The van der Waals surface area contributed by atoms with E-state index >= 15 is 0 Å². The van der Waals surface area contributed by atoms with Crippen molar-refractivity contribution in [2.45, 2.75) is 25.9 Å². The number of hydrogen-bond acceptors (Lipinski definition) is 3. The van der Waals surface area contributed by atoms with Crippen molar-refractivity contribution >= 4 is 11.7 Å². The highest BCUT2D eigenvalue weighted by Crippen LogP contribution is 2.33. The highest BCUT2D eigenvalue weighted by molar-refractivity contribution is 5.90. The zero-order valence-electron chi connectivity index (χ0n) is 11.6. The van der Waals surface area contributed by atoms with Gasteiger partial charge < -0.3 is 15.5 Å². The smallest absolute Gasteiger partial charge is 0.417 e. The lowest BCUT2D eigenvalue weighted by atomic mass is 10.1. The predicted octanol–water partition coefficient (Wildman–Crippen LogP) is 3.22. The highest BCUT2D eigenvalue weighted by Gasteiger charge is 2.35. The van der Waals surface area contributed by atoms with Crippen LogP contribution in [-0.4, -0.2) is 29.3 Å². The van der Waals surface area contributed by atoms with E-state index in [2.05, 4.69) is 5.32 Å². The number of carbonyl (C=O) groups is 1. The molecule has 1 unspecified atom stereocenters. The Hall–Kier alpha value is -1.76. The Morgan fingerprint density at radius 3 is 2.57 bits per heavy atom. The molecule has 0 heterocycles. The number of anilines is 1. The number of nitrogens with one attached hydrogen (secondary N) is 1. The number of aromatic carboxylic acids is 1. The Morgan fingerprint density at radius 1 is 1.38 bits per heavy atom. The van der Waals surface area contributed by atoms with E-state index in [1.165, 1.54) is 6.07 Å². The molecular formula is C14H18F3NO3. The summed E-state index contributed by atoms with van der Waals surface area (Å²) in [6.07, 6.45) is -3.26. The van der Waals surface area contributed by atoms with E-state index in [1.54, 1.807) is 0 Å². The SMILES string of the molecule is CC(CO)CCCNc1ccc(C(=O)O)c(C(F)(F)F)c1. The van der Waals surface area contributed by atoms with Gasteiger partial charge in [0.25, 0.3) is 0 Å². The number of halogens is 3. The zero-order chi connectivity index (χ0) is 16.0. The second kappa shape index (κ2) is 7.31. The van der Waals surface area contributed by atoms with Crippen molar-refractivity contribution in [3.8, 4) is 0 Å². The van der Waals surface area contributed by atoms with E-state index < -0.39 is 23.3 Å². The van der Waals surface area contributed by atoms with Crippen molar-refractivity contribution in [2.24, 2.45) is 5.92 Å². The summed E-state index contributed by atoms with van der Waals surface area (Å²) in [5, 5.41) is 20.5. The number of alkyl halides is 3. The van der Waals surface area contributed by atoms with Gasteiger partial charge in [0.05, 0.1) is 11.1 Å². The number of aliphatic hydroxyl groups excluding tert-OH is 1. The van der Waals surface area contributed by atoms with Crippen LogP contribution in [0, 0.1) is 5.92 Å². The van der Waals surface area contributed by atoms with Gasteiger partial charge in [-0.25, -0.2) is 4.79 Å². The Bertz CT molecular complexity index is 489. The lowest BCUT2D eigenvalue weighted by Crippen LogP contribution is -2.14. The molecule has 0 bridgehead atoms. The second-order valence-electron chi connectivity index (χ2n) is 4.92. The van der Waals surface area contributed by atoms with E-state index in [0.29, 0.717) is 13.0 Å². The van der Waals surface area contributed by atoms with Crippen LogP contribution in [-0.2, 0) is 6.18 Å². The average Bonchev–Trinajstić information content (AvgIpc) is 2.41. The quantitative estimate of drug-likeness (QED) is 0.677. The molecule has 0 saturated heterocycles. The normalized spacial score (nSPS) is 13.0. The first-order valence-corrected chi connectivity index (χ1v) is 6.55. The lowest BCUT2D eigenvalue weighted by molar-refractivity contribution is -0.138. The molecule has 1 aromatic rings. The van der Waals surface area contributed by atoms with Crippen LogP contribution in [0.15, 0.2) is 18.2 Å². The van der Waals surface area contributed by atoms with Crippen LogP contribution in [0.2, 0.25) is 0 Å². The largest absolute Gasteiger partial charge is 0.478 e. The number of aliphatic hydroxyl groups is 1. The van der Waals surface area contributed by atoms with E-state index in [4.69, 9.17) is 10.2 Å². The van der Waals surface area contributed by atoms with Crippen molar-refractivity contribution in [1.29, 1.82) is 0 Å². The molecule has 1 rings (SSSR count). The molecular weight excluding hydrogens is 287 g/mol. The fourth-order valence-electron chi connectivity index (χ4n) is 1.85. The van der Waals surface area contributed by atoms with E-state index in [1.807, 2.05) is 6.92 Å². The van der Waals surface area contributed by atoms with Crippen molar-refractivity contribution in [2.75, 3.05) is 18.5 Å². The summed E-state index contributed by atoms with van der Waals surface area (Å²) in [6.45, 7) is 2.41. The fourth-order valence-corrected chi connectivity index (χ4v) is 1.85. The van der Waals surface area contributed by atoms with Gasteiger partial charge in [-0.2, -0.15) is 13.2 Å². The molecule has 0 spiro atoms. The third-order valence-corrected chi connectivity index (χ3v) is 3.07. The molecule has 1 atom stereocenters. The molecule has 4 nitrogen and oxygen atoms in total. The van der Waals surface area contributed by atoms with Gasteiger partial charge in [0, 0.05) is 18.8 Å². The zero-order valence-corrected chi connectivity index (χ0v) is 11.6. The maximum atomic E-state index is 12.8. The first kappa shape index (κ1) is 17.3. The third kappa shape index (κ3) is 5.26. The van der Waals surface area contributed by atoms with Crippen molar-refractivity contribution in [3.05, 3.63) is 29.3 Å². The van der Waals surface area contributed by atoms with Crippen LogP contribution in [0.25, 0.3) is 0 Å². The summed E-state index contributed by atoms with van der Waals surface area (Å²) < 4.78 is 38.4. The second-order valence-corrected chi connectivity index (χ2v) is 4.92. The maximum absolute atomic E-state index is 12.8. The topological polar surface area (TPSA) is 69.6 Å². The highest BCUT2D eigenvalue weighted by atomic mass is 19.4. The standard InChI is InChI=1S/C14H18F3NO3/c1-9(8-19)3-2-6-18-10-4-5-11(13(20)21)12(7-10)14(15,16)17/h4-5,7,9,18-19H,2-3,6,8H2,1H3,(H,20,21). The third-order valence-electron chi connectivity index (χ3n) is 3.07. The summed E-state index contributed by atoms with van der Waals surface area (Å²) >= 11 is 0. The van der Waals surface area contributed by atoms with Crippen LogP contribution in [0.4, 0.5) is 18.9 Å². The molecule has 0 amide bonds. The van der Waals surface area contributed by atoms with Crippen LogP contribution < -0.4 is 5.32 Å². The van der Waals surface area contributed by atoms with Crippen molar-refractivity contribution < 1.29 is 28.2 Å². The van der Waals surface area contributed by atoms with Gasteiger partial charge in [0.2, 0.25) is 0 Å². The van der Waals surface area contributed by atoms with Crippen LogP contribution >= 0.6 is 0 Å². The fraction of sp³-hybridized carbons (Fsp3) is 0.500. The molecule has 0 aliphatic rings. The molecule has 118 valence electrons. The molecule has 1 aromatic carbocycles. The lowest BCUT2D eigenvalue weighted by Gasteiger charge is -2.14. The van der Waals surface area contributed by atoms with Gasteiger partial charge in [0.15, 0.2) is 0 Å². The minimum absolute atomic E-state index is 0.0749. The summed E-state index contributed by atoms with van der Waals surface area (Å²) in [4.78, 5) is 10.8. The van der Waals surface area contributed by atoms with Crippen molar-refractivity contribution in [3.63, 3.8) is 0 Å². The van der Waals surface area contributed by atoms with E-state index in [-0.39, 0.29) is 18.2 Å². The average molecular weight is 305 g/mol.